The molecule has 0 spiro atoms. The number of rotatable bonds is 5. The van der Waals surface area contributed by atoms with Crippen LogP contribution in [0.3, 0.4) is 0 Å². The third kappa shape index (κ3) is 3.80. The van der Waals surface area contributed by atoms with E-state index in [-0.39, 0.29) is 5.56 Å². The van der Waals surface area contributed by atoms with Crippen molar-refractivity contribution in [2.45, 2.75) is 26.3 Å². The highest BCUT2D eigenvalue weighted by atomic mass is 16.7. The van der Waals surface area contributed by atoms with Crippen LogP contribution in [0.25, 0.3) is 11.4 Å². The first-order valence-corrected chi connectivity index (χ1v) is 10.3. The predicted octanol–water partition coefficient (Wildman–Crippen LogP) is 2.80. The molecule has 1 N–H and O–H groups in total. The molecule has 0 fully saturated rings. The van der Waals surface area contributed by atoms with Gasteiger partial charge in [-0.15, -0.1) is 0 Å². The number of benzene rings is 1. The van der Waals surface area contributed by atoms with Crippen LogP contribution in [-0.4, -0.2) is 39.7 Å². The van der Waals surface area contributed by atoms with E-state index in [4.69, 9.17) is 14.5 Å². The molecule has 0 bridgehead atoms. The van der Waals surface area contributed by atoms with Gasteiger partial charge in [0.15, 0.2) is 11.5 Å². The van der Waals surface area contributed by atoms with Crippen LogP contribution in [0.5, 0.6) is 11.5 Å². The van der Waals surface area contributed by atoms with Gasteiger partial charge in [-0.05, 0) is 48.6 Å². The molecule has 2 aromatic heterocycles. The van der Waals surface area contributed by atoms with Crippen LogP contribution >= 0.6 is 0 Å². The fraction of sp³-hybridized carbons (Fsp3) is 0.348. The maximum atomic E-state index is 12.6. The largest absolute Gasteiger partial charge is 0.454 e. The number of pyridine rings is 1. The standard InChI is InChI=1S/C23H24N4O3/c1-15(9-16-4-5-20-21(10-16)30-14-29-20)12-27-8-6-18-19(13-27)25-22(26-23(18)28)17-3-2-7-24-11-17/h2-5,7,10-11,15H,6,8-9,12-14H2,1H3,(H,25,26,28). The minimum atomic E-state index is -0.0353. The van der Waals surface area contributed by atoms with Crippen molar-refractivity contribution in [3.63, 3.8) is 0 Å². The lowest BCUT2D eigenvalue weighted by Gasteiger charge is -2.30. The summed E-state index contributed by atoms with van der Waals surface area (Å²) in [5.74, 6) is 2.70. The highest BCUT2D eigenvalue weighted by Gasteiger charge is 2.23. The van der Waals surface area contributed by atoms with Crippen LogP contribution in [0, 0.1) is 5.92 Å². The Morgan fingerprint density at radius 2 is 2.13 bits per heavy atom. The minimum Gasteiger partial charge on any atom is -0.454 e. The Labute approximate surface area is 174 Å². The number of hydrogen-bond donors (Lipinski definition) is 1. The third-order valence-electron chi connectivity index (χ3n) is 5.68. The van der Waals surface area contributed by atoms with Crippen molar-refractivity contribution in [3.05, 3.63) is 69.9 Å². The molecule has 3 aromatic rings. The maximum absolute atomic E-state index is 12.6. The number of hydrogen-bond acceptors (Lipinski definition) is 6. The lowest BCUT2D eigenvalue weighted by molar-refractivity contribution is 0.174. The number of H-pyrrole nitrogens is 1. The van der Waals surface area contributed by atoms with E-state index in [9.17, 15) is 4.79 Å². The fourth-order valence-corrected chi connectivity index (χ4v) is 4.26. The molecule has 0 amide bonds. The molecule has 2 aliphatic heterocycles. The van der Waals surface area contributed by atoms with Crippen molar-refractivity contribution < 1.29 is 9.47 Å². The quantitative estimate of drug-likeness (QED) is 0.704. The average Bonchev–Trinajstić information content (AvgIpc) is 3.22. The number of aromatic nitrogens is 3. The van der Waals surface area contributed by atoms with Crippen LogP contribution < -0.4 is 15.0 Å². The molecule has 2 aliphatic rings. The summed E-state index contributed by atoms with van der Waals surface area (Å²) in [6.45, 7) is 5.07. The SMILES string of the molecule is CC(Cc1ccc2c(c1)OCO2)CN1CCc2c(nc(-c3cccnc3)[nH]c2=O)C1. The molecule has 1 aromatic carbocycles. The zero-order chi connectivity index (χ0) is 20.5. The minimum absolute atomic E-state index is 0.0353. The molecule has 4 heterocycles. The van der Waals surface area contributed by atoms with Crippen molar-refractivity contribution in [1.82, 2.24) is 19.9 Å². The molecule has 7 nitrogen and oxygen atoms in total. The zero-order valence-corrected chi connectivity index (χ0v) is 16.9. The van der Waals surface area contributed by atoms with E-state index in [1.54, 1.807) is 12.4 Å². The lowest BCUT2D eigenvalue weighted by atomic mass is 9.98. The summed E-state index contributed by atoms with van der Waals surface area (Å²) in [5.41, 5.74) is 3.72. The van der Waals surface area contributed by atoms with E-state index >= 15 is 0 Å². The van der Waals surface area contributed by atoms with E-state index in [1.165, 1.54) is 5.56 Å². The Bertz CT molecular complexity index is 1110. The summed E-state index contributed by atoms with van der Waals surface area (Å²) in [6, 6.07) is 9.92. The van der Waals surface area contributed by atoms with Gasteiger partial charge in [-0.1, -0.05) is 13.0 Å². The molecule has 0 aliphatic carbocycles. The molecular formula is C23H24N4O3. The number of nitrogens with one attached hydrogen (secondary N) is 1. The molecule has 1 unspecified atom stereocenters. The van der Waals surface area contributed by atoms with Crippen molar-refractivity contribution in [2.75, 3.05) is 19.9 Å². The summed E-state index contributed by atoms with van der Waals surface area (Å²) >= 11 is 0. The van der Waals surface area contributed by atoms with Crippen LogP contribution in [0.2, 0.25) is 0 Å². The second kappa shape index (κ2) is 7.91. The van der Waals surface area contributed by atoms with Gasteiger partial charge in [-0.2, -0.15) is 0 Å². The predicted molar refractivity (Wildman–Crippen MR) is 113 cm³/mol. The van der Waals surface area contributed by atoms with E-state index in [1.807, 2.05) is 18.2 Å². The van der Waals surface area contributed by atoms with Crippen LogP contribution in [0.1, 0.15) is 23.7 Å². The Morgan fingerprint density at radius 3 is 3.00 bits per heavy atom. The van der Waals surface area contributed by atoms with Crippen LogP contribution in [-0.2, 0) is 19.4 Å². The number of nitrogens with zero attached hydrogens (tertiary/aromatic N) is 3. The molecular weight excluding hydrogens is 380 g/mol. The van der Waals surface area contributed by atoms with E-state index < -0.39 is 0 Å². The van der Waals surface area contributed by atoms with Crippen molar-refractivity contribution in [1.29, 1.82) is 0 Å². The van der Waals surface area contributed by atoms with Gasteiger partial charge in [0.25, 0.3) is 5.56 Å². The molecule has 5 rings (SSSR count). The van der Waals surface area contributed by atoms with Crippen molar-refractivity contribution in [2.24, 2.45) is 5.92 Å². The van der Waals surface area contributed by atoms with Gasteiger partial charge in [0.05, 0.1) is 5.69 Å². The first kappa shape index (κ1) is 18.8. The van der Waals surface area contributed by atoms with Crippen LogP contribution in [0.4, 0.5) is 0 Å². The van der Waals surface area contributed by atoms with E-state index in [2.05, 4.69) is 33.9 Å². The van der Waals surface area contributed by atoms with Crippen LogP contribution in [0.15, 0.2) is 47.5 Å². The Balaban J connectivity index is 1.28. The molecule has 0 radical (unpaired) electrons. The molecule has 0 saturated carbocycles. The molecule has 7 heteroatoms. The lowest BCUT2D eigenvalue weighted by Crippen LogP contribution is -2.38. The van der Waals surface area contributed by atoms with E-state index in [0.717, 1.165) is 54.3 Å². The van der Waals surface area contributed by atoms with Crippen molar-refractivity contribution in [3.8, 4) is 22.9 Å². The second-order valence-electron chi connectivity index (χ2n) is 8.06. The van der Waals surface area contributed by atoms with Gasteiger partial charge in [0.1, 0.15) is 5.82 Å². The number of fused-ring (bicyclic) bond motifs is 2. The highest BCUT2D eigenvalue weighted by molar-refractivity contribution is 5.53. The molecule has 1 atom stereocenters. The first-order chi connectivity index (χ1) is 14.7. The number of aromatic amines is 1. The summed E-state index contributed by atoms with van der Waals surface area (Å²) in [6.07, 6.45) is 5.12. The average molecular weight is 404 g/mol. The van der Waals surface area contributed by atoms with Gasteiger partial charge in [0.2, 0.25) is 6.79 Å². The van der Waals surface area contributed by atoms with Gasteiger partial charge >= 0.3 is 0 Å². The molecule has 30 heavy (non-hydrogen) atoms. The fourth-order valence-electron chi connectivity index (χ4n) is 4.26. The first-order valence-electron chi connectivity index (χ1n) is 10.3. The smallest absolute Gasteiger partial charge is 0.254 e. The third-order valence-corrected chi connectivity index (χ3v) is 5.68. The van der Waals surface area contributed by atoms with Gasteiger partial charge in [-0.3, -0.25) is 14.7 Å². The molecule has 0 saturated heterocycles. The maximum Gasteiger partial charge on any atom is 0.254 e. The molecule has 154 valence electrons. The Kier molecular flexibility index (Phi) is 4.96. The monoisotopic (exact) mass is 404 g/mol. The topological polar surface area (TPSA) is 80.3 Å². The highest BCUT2D eigenvalue weighted by Crippen LogP contribution is 2.33. The zero-order valence-electron chi connectivity index (χ0n) is 16.9. The second-order valence-corrected chi connectivity index (χ2v) is 8.06. The van der Waals surface area contributed by atoms with Gasteiger partial charge in [0, 0.05) is 43.2 Å². The Morgan fingerprint density at radius 1 is 1.23 bits per heavy atom. The normalized spacial score (nSPS) is 16.3. The Hall–Kier alpha value is -3.19. The van der Waals surface area contributed by atoms with Gasteiger partial charge < -0.3 is 14.5 Å². The summed E-state index contributed by atoms with van der Waals surface area (Å²) < 4.78 is 10.9. The van der Waals surface area contributed by atoms with Gasteiger partial charge in [-0.25, -0.2) is 4.98 Å². The summed E-state index contributed by atoms with van der Waals surface area (Å²) in [4.78, 5) is 26.8. The summed E-state index contributed by atoms with van der Waals surface area (Å²) in [7, 11) is 0. The van der Waals surface area contributed by atoms with E-state index in [0.29, 0.717) is 25.1 Å². The summed E-state index contributed by atoms with van der Waals surface area (Å²) in [5, 5.41) is 0. The van der Waals surface area contributed by atoms with Crippen molar-refractivity contribution >= 4 is 0 Å². The number of ether oxygens (including phenoxy) is 2.